The number of aliphatic imine (C=N–C) groups is 1. The largest absolute Gasteiger partial charge is 0.405 e. The van der Waals surface area contributed by atoms with Crippen LogP contribution in [-0.4, -0.2) is 36.7 Å². The molecule has 4 nitrogen and oxygen atoms in total. The fourth-order valence-corrected chi connectivity index (χ4v) is 1.87. The van der Waals surface area contributed by atoms with Gasteiger partial charge in [0.05, 0.1) is 0 Å². The molecule has 0 aromatic rings. The Morgan fingerprint density at radius 3 is 2.50 bits per heavy atom. The maximum absolute atomic E-state index is 12.0. The molecule has 1 unspecified atom stereocenters. The molecule has 0 aromatic carbocycles. The first kappa shape index (κ1) is 19.7. The van der Waals surface area contributed by atoms with Crippen LogP contribution < -0.4 is 5.73 Å². The number of nitrogens with two attached hydrogens (primary N) is 1. The van der Waals surface area contributed by atoms with E-state index < -0.39 is 0 Å². The first-order valence-corrected chi connectivity index (χ1v) is 6.33. The van der Waals surface area contributed by atoms with Crippen LogP contribution in [0.1, 0.15) is 33.6 Å². The van der Waals surface area contributed by atoms with Gasteiger partial charge in [-0.25, -0.2) is 0 Å². The maximum Gasteiger partial charge on any atom is 0.272 e. The summed E-state index contributed by atoms with van der Waals surface area (Å²) in [4.78, 5) is 17.7. The summed E-state index contributed by atoms with van der Waals surface area (Å²) in [7, 11) is 1.61. The average Bonchev–Trinajstić information content (AvgIpc) is 2.37. The van der Waals surface area contributed by atoms with Gasteiger partial charge in [-0.2, -0.15) is 0 Å². The van der Waals surface area contributed by atoms with Crippen molar-refractivity contribution in [1.29, 1.82) is 0 Å². The fourth-order valence-electron chi connectivity index (χ4n) is 1.87. The second kappa shape index (κ2) is 11.5. The first-order valence-electron chi connectivity index (χ1n) is 6.33. The molecule has 18 heavy (non-hydrogen) atoms. The van der Waals surface area contributed by atoms with E-state index in [0.717, 1.165) is 19.5 Å². The lowest BCUT2D eigenvalue weighted by molar-refractivity contribution is -0.125. The Morgan fingerprint density at radius 1 is 1.44 bits per heavy atom. The normalized spacial score (nSPS) is 19.9. The Hall–Kier alpha value is -0.590. The third-order valence-corrected chi connectivity index (χ3v) is 2.66. The second-order valence-electron chi connectivity index (χ2n) is 3.97. The summed E-state index contributed by atoms with van der Waals surface area (Å²) in [6, 6.07) is 0. The SMILES string of the molecule is CC.CN=C(/C=C\N)C(=O)N1CCCC(C)C1.I. The Labute approximate surface area is 128 Å². The van der Waals surface area contributed by atoms with Gasteiger partial charge in [-0.3, -0.25) is 9.79 Å². The zero-order valence-electron chi connectivity index (χ0n) is 11.8. The molecule has 0 saturated carbocycles. The molecule has 1 heterocycles. The van der Waals surface area contributed by atoms with E-state index in [9.17, 15) is 4.79 Å². The minimum absolute atomic E-state index is 0. The molecule has 0 aromatic heterocycles. The van der Waals surface area contributed by atoms with E-state index in [1.165, 1.54) is 12.6 Å². The van der Waals surface area contributed by atoms with Gasteiger partial charge in [0, 0.05) is 20.1 Å². The number of piperidine rings is 1. The summed E-state index contributed by atoms with van der Waals surface area (Å²) >= 11 is 0. The molecule has 5 heteroatoms. The van der Waals surface area contributed by atoms with Crippen LogP contribution in [-0.2, 0) is 4.79 Å². The first-order chi connectivity index (χ1) is 8.19. The second-order valence-corrected chi connectivity index (χ2v) is 3.97. The van der Waals surface area contributed by atoms with Crippen LogP contribution in [0, 0.1) is 5.92 Å². The molecular weight excluding hydrogens is 341 g/mol. The lowest BCUT2D eigenvalue weighted by Crippen LogP contribution is -2.42. The predicted octanol–water partition coefficient (Wildman–Crippen LogP) is 2.43. The van der Waals surface area contributed by atoms with Crippen molar-refractivity contribution in [2.45, 2.75) is 33.6 Å². The highest BCUT2D eigenvalue weighted by molar-refractivity contribution is 14.0. The molecule has 1 atom stereocenters. The summed E-state index contributed by atoms with van der Waals surface area (Å²) in [5.41, 5.74) is 5.70. The Kier molecular flexibility index (Phi) is 12.6. The quantitative estimate of drug-likeness (QED) is 0.602. The Bertz CT molecular complexity index is 290. The van der Waals surface area contributed by atoms with Gasteiger partial charge in [0.25, 0.3) is 5.91 Å². The van der Waals surface area contributed by atoms with Crippen LogP contribution in [0.5, 0.6) is 0 Å². The Morgan fingerprint density at radius 2 is 2.06 bits per heavy atom. The van der Waals surface area contributed by atoms with Gasteiger partial charge >= 0.3 is 0 Å². The van der Waals surface area contributed by atoms with Crippen LogP contribution in [0.15, 0.2) is 17.3 Å². The molecule has 2 N–H and O–H groups in total. The smallest absolute Gasteiger partial charge is 0.272 e. The summed E-state index contributed by atoms with van der Waals surface area (Å²) in [6.07, 6.45) is 5.20. The minimum atomic E-state index is -0.00856. The molecule has 1 amide bonds. The number of amides is 1. The summed E-state index contributed by atoms with van der Waals surface area (Å²) in [6.45, 7) is 7.83. The molecule has 1 rings (SSSR count). The van der Waals surface area contributed by atoms with E-state index in [1.807, 2.05) is 18.7 Å². The number of likely N-dealkylation sites (tertiary alicyclic amines) is 1. The third-order valence-electron chi connectivity index (χ3n) is 2.66. The van der Waals surface area contributed by atoms with Crippen molar-refractivity contribution >= 4 is 35.6 Å². The van der Waals surface area contributed by atoms with Crippen molar-refractivity contribution in [2.75, 3.05) is 20.1 Å². The van der Waals surface area contributed by atoms with Gasteiger partial charge in [0.1, 0.15) is 5.71 Å². The van der Waals surface area contributed by atoms with Gasteiger partial charge < -0.3 is 10.6 Å². The monoisotopic (exact) mass is 367 g/mol. The highest BCUT2D eigenvalue weighted by Crippen LogP contribution is 2.15. The highest BCUT2D eigenvalue weighted by atomic mass is 127. The Balaban J connectivity index is 0. The van der Waals surface area contributed by atoms with E-state index in [-0.39, 0.29) is 29.9 Å². The number of rotatable bonds is 2. The van der Waals surface area contributed by atoms with Gasteiger partial charge in [-0.15, -0.1) is 24.0 Å². The van der Waals surface area contributed by atoms with Crippen molar-refractivity contribution in [3.8, 4) is 0 Å². The van der Waals surface area contributed by atoms with Gasteiger partial charge in [-0.05, 0) is 31.0 Å². The lowest BCUT2D eigenvalue weighted by atomic mass is 10.00. The van der Waals surface area contributed by atoms with E-state index in [4.69, 9.17) is 5.73 Å². The van der Waals surface area contributed by atoms with E-state index in [2.05, 4.69) is 11.9 Å². The number of hydrogen-bond donors (Lipinski definition) is 1. The van der Waals surface area contributed by atoms with Crippen LogP contribution >= 0.6 is 24.0 Å². The van der Waals surface area contributed by atoms with Gasteiger partial charge in [-0.1, -0.05) is 20.8 Å². The van der Waals surface area contributed by atoms with Crippen molar-refractivity contribution in [1.82, 2.24) is 4.90 Å². The van der Waals surface area contributed by atoms with Crippen LogP contribution in [0.2, 0.25) is 0 Å². The fraction of sp³-hybridized carbons (Fsp3) is 0.692. The average molecular weight is 367 g/mol. The molecule has 1 saturated heterocycles. The zero-order chi connectivity index (χ0) is 13.3. The number of halogens is 1. The molecule has 0 bridgehead atoms. The molecular formula is C13H26IN3O. The lowest BCUT2D eigenvalue weighted by Gasteiger charge is -2.30. The topological polar surface area (TPSA) is 58.7 Å². The summed E-state index contributed by atoms with van der Waals surface area (Å²) in [5.74, 6) is 0.577. The number of carbonyl (C=O) groups excluding carboxylic acids is 1. The minimum Gasteiger partial charge on any atom is -0.405 e. The van der Waals surface area contributed by atoms with E-state index >= 15 is 0 Å². The molecule has 0 aliphatic carbocycles. The molecule has 0 radical (unpaired) electrons. The maximum atomic E-state index is 12.0. The van der Waals surface area contributed by atoms with Gasteiger partial charge in [0.15, 0.2) is 0 Å². The van der Waals surface area contributed by atoms with E-state index in [1.54, 1.807) is 13.1 Å². The van der Waals surface area contributed by atoms with E-state index in [0.29, 0.717) is 11.6 Å². The van der Waals surface area contributed by atoms with Crippen molar-refractivity contribution in [2.24, 2.45) is 16.6 Å². The zero-order valence-corrected chi connectivity index (χ0v) is 14.2. The molecule has 106 valence electrons. The van der Waals surface area contributed by atoms with Crippen molar-refractivity contribution in [3.05, 3.63) is 12.3 Å². The number of nitrogens with zero attached hydrogens (tertiary/aromatic N) is 2. The summed E-state index contributed by atoms with van der Waals surface area (Å²) < 4.78 is 0. The van der Waals surface area contributed by atoms with Crippen molar-refractivity contribution < 1.29 is 4.79 Å². The standard InChI is InChI=1S/C11H19N3O.C2H6.HI/c1-9-4-3-7-14(8-9)11(15)10(13-2)5-6-12;1-2;/h5-6,9H,3-4,7-8,12H2,1-2H3;1-2H3;1H/b6-5-,13-10?;;. The highest BCUT2D eigenvalue weighted by Gasteiger charge is 2.22. The third kappa shape index (κ3) is 6.37. The molecule has 0 spiro atoms. The number of carbonyl (C=O) groups is 1. The van der Waals surface area contributed by atoms with Crippen LogP contribution in [0.4, 0.5) is 0 Å². The van der Waals surface area contributed by atoms with Crippen LogP contribution in [0.3, 0.4) is 0 Å². The predicted molar refractivity (Wildman–Crippen MR) is 88.4 cm³/mol. The van der Waals surface area contributed by atoms with Gasteiger partial charge in [0.2, 0.25) is 0 Å². The van der Waals surface area contributed by atoms with Crippen LogP contribution in [0.25, 0.3) is 0 Å². The molecule has 1 fully saturated rings. The van der Waals surface area contributed by atoms with Crippen molar-refractivity contribution in [3.63, 3.8) is 0 Å². The summed E-state index contributed by atoms with van der Waals surface area (Å²) in [5, 5.41) is 0. The number of hydrogen-bond acceptors (Lipinski definition) is 3. The molecule has 1 aliphatic rings. The molecule has 1 aliphatic heterocycles.